The van der Waals surface area contributed by atoms with Gasteiger partial charge in [0, 0.05) is 5.54 Å². The number of benzene rings is 1. The van der Waals surface area contributed by atoms with Crippen molar-refractivity contribution in [3.05, 3.63) is 35.4 Å². The first-order valence-electron chi connectivity index (χ1n) is 5.27. The van der Waals surface area contributed by atoms with Crippen molar-refractivity contribution in [2.75, 3.05) is 0 Å². The number of fused-ring (bicyclic) bond motifs is 1. The minimum absolute atomic E-state index is 0.136. The number of nitrogens with two attached hydrogens (primary N) is 1. The van der Waals surface area contributed by atoms with Gasteiger partial charge in [-0.25, -0.2) is 0 Å². The molecule has 0 aliphatic heterocycles. The summed E-state index contributed by atoms with van der Waals surface area (Å²) >= 11 is 0. The third kappa shape index (κ3) is 0.936. The molecule has 0 spiro atoms. The van der Waals surface area contributed by atoms with Gasteiger partial charge in [0.2, 0.25) is 0 Å². The zero-order chi connectivity index (χ0) is 10.6. The van der Waals surface area contributed by atoms with Crippen LogP contribution in [0.25, 0.3) is 0 Å². The lowest BCUT2D eigenvalue weighted by Gasteiger charge is -2.38. The van der Waals surface area contributed by atoms with Crippen molar-refractivity contribution in [2.45, 2.75) is 39.2 Å². The second-order valence-corrected chi connectivity index (χ2v) is 5.23. The standard InChI is InChI=1S/C13H19N/c1-9-10-7-5-6-8-11(10)13(4,14)12(9,2)3/h5-9H,14H2,1-4H3/t9-,13-/m0/s1. The van der Waals surface area contributed by atoms with Crippen LogP contribution < -0.4 is 5.73 Å². The summed E-state index contributed by atoms with van der Waals surface area (Å²) in [5.41, 5.74) is 9.12. The van der Waals surface area contributed by atoms with Crippen LogP contribution in [-0.2, 0) is 5.54 Å². The van der Waals surface area contributed by atoms with E-state index in [9.17, 15) is 0 Å². The van der Waals surface area contributed by atoms with Crippen molar-refractivity contribution in [3.8, 4) is 0 Å². The highest BCUT2D eigenvalue weighted by Crippen LogP contribution is 2.55. The predicted octanol–water partition coefficient (Wildman–Crippen LogP) is 3.00. The Morgan fingerprint density at radius 1 is 1.14 bits per heavy atom. The maximum absolute atomic E-state index is 6.46. The van der Waals surface area contributed by atoms with Gasteiger partial charge in [0.25, 0.3) is 0 Å². The van der Waals surface area contributed by atoms with Gasteiger partial charge in [-0.2, -0.15) is 0 Å². The van der Waals surface area contributed by atoms with E-state index in [-0.39, 0.29) is 11.0 Å². The van der Waals surface area contributed by atoms with Crippen molar-refractivity contribution in [3.63, 3.8) is 0 Å². The Hall–Kier alpha value is -0.820. The Balaban J connectivity index is 2.68. The molecule has 0 unspecified atom stereocenters. The van der Waals surface area contributed by atoms with Crippen molar-refractivity contribution >= 4 is 0 Å². The first-order valence-corrected chi connectivity index (χ1v) is 5.27. The fourth-order valence-corrected chi connectivity index (χ4v) is 2.53. The molecule has 0 aromatic heterocycles. The average molecular weight is 189 g/mol. The summed E-state index contributed by atoms with van der Waals surface area (Å²) < 4.78 is 0. The highest BCUT2D eigenvalue weighted by Gasteiger charge is 2.50. The Labute approximate surface area is 86.3 Å². The van der Waals surface area contributed by atoms with Gasteiger partial charge in [-0.3, -0.25) is 0 Å². The minimum Gasteiger partial charge on any atom is -0.321 e. The van der Waals surface area contributed by atoms with Crippen LogP contribution in [0.15, 0.2) is 24.3 Å². The number of hydrogen-bond acceptors (Lipinski definition) is 1. The molecule has 0 radical (unpaired) electrons. The summed E-state index contributed by atoms with van der Waals surface area (Å²) in [5.74, 6) is 0.536. The average Bonchev–Trinajstić information content (AvgIpc) is 2.27. The second kappa shape index (κ2) is 2.60. The molecule has 0 saturated heterocycles. The van der Waals surface area contributed by atoms with Gasteiger partial charge in [-0.05, 0) is 29.4 Å². The summed E-state index contributed by atoms with van der Waals surface area (Å²) in [6, 6.07) is 8.56. The predicted molar refractivity (Wildman–Crippen MR) is 60.2 cm³/mol. The molecular formula is C13H19N. The van der Waals surface area contributed by atoms with Crippen LogP contribution in [0.2, 0.25) is 0 Å². The second-order valence-electron chi connectivity index (χ2n) is 5.23. The maximum Gasteiger partial charge on any atom is 0.0441 e. The first-order chi connectivity index (χ1) is 6.39. The molecule has 0 fully saturated rings. The molecule has 0 amide bonds. The lowest BCUT2D eigenvalue weighted by Crippen LogP contribution is -2.44. The van der Waals surface area contributed by atoms with Gasteiger partial charge in [0.15, 0.2) is 0 Å². The van der Waals surface area contributed by atoms with Crippen molar-refractivity contribution in [1.82, 2.24) is 0 Å². The molecule has 1 aromatic carbocycles. The van der Waals surface area contributed by atoms with Gasteiger partial charge in [0.1, 0.15) is 0 Å². The lowest BCUT2D eigenvalue weighted by molar-refractivity contribution is 0.178. The summed E-state index contributed by atoms with van der Waals surface area (Å²) in [6.07, 6.45) is 0. The van der Waals surface area contributed by atoms with Crippen LogP contribution in [0.1, 0.15) is 44.7 Å². The van der Waals surface area contributed by atoms with Crippen LogP contribution in [0.4, 0.5) is 0 Å². The summed E-state index contributed by atoms with van der Waals surface area (Å²) in [7, 11) is 0. The highest BCUT2D eigenvalue weighted by molar-refractivity contribution is 5.44. The molecule has 2 rings (SSSR count). The SMILES string of the molecule is C[C@H]1c2ccccc2[C@](C)(N)C1(C)C. The topological polar surface area (TPSA) is 26.0 Å². The van der Waals surface area contributed by atoms with E-state index in [1.54, 1.807) is 0 Å². The largest absolute Gasteiger partial charge is 0.321 e. The molecule has 1 aliphatic carbocycles. The summed E-state index contributed by atoms with van der Waals surface area (Å²) in [5, 5.41) is 0. The molecule has 1 aliphatic rings. The monoisotopic (exact) mass is 189 g/mol. The van der Waals surface area contributed by atoms with E-state index in [0.717, 1.165) is 0 Å². The van der Waals surface area contributed by atoms with Crippen LogP contribution >= 0.6 is 0 Å². The number of rotatable bonds is 0. The van der Waals surface area contributed by atoms with Gasteiger partial charge in [-0.15, -0.1) is 0 Å². The molecule has 0 bridgehead atoms. The molecule has 1 heteroatoms. The van der Waals surface area contributed by atoms with Gasteiger partial charge in [-0.1, -0.05) is 45.0 Å². The smallest absolute Gasteiger partial charge is 0.0441 e. The third-order valence-electron chi connectivity index (χ3n) is 4.41. The van der Waals surface area contributed by atoms with Crippen molar-refractivity contribution < 1.29 is 0 Å². The zero-order valence-electron chi connectivity index (χ0n) is 9.46. The molecule has 14 heavy (non-hydrogen) atoms. The number of hydrogen-bond donors (Lipinski definition) is 1. The highest BCUT2D eigenvalue weighted by atomic mass is 14.8. The molecule has 0 heterocycles. The van der Waals surface area contributed by atoms with Crippen molar-refractivity contribution in [2.24, 2.45) is 11.1 Å². The summed E-state index contributed by atoms with van der Waals surface area (Å²) in [6.45, 7) is 8.95. The van der Waals surface area contributed by atoms with Crippen LogP contribution in [-0.4, -0.2) is 0 Å². The Bertz CT molecular complexity index is 363. The molecule has 1 aromatic rings. The van der Waals surface area contributed by atoms with Crippen LogP contribution in [0.5, 0.6) is 0 Å². The van der Waals surface area contributed by atoms with E-state index < -0.39 is 0 Å². The molecule has 1 nitrogen and oxygen atoms in total. The van der Waals surface area contributed by atoms with E-state index in [1.165, 1.54) is 11.1 Å². The van der Waals surface area contributed by atoms with Gasteiger partial charge < -0.3 is 5.73 Å². The fourth-order valence-electron chi connectivity index (χ4n) is 2.53. The van der Waals surface area contributed by atoms with Crippen LogP contribution in [0, 0.1) is 5.41 Å². The van der Waals surface area contributed by atoms with E-state index >= 15 is 0 Å². The van der Waals surface area contributed by atoms with Crippen molar-refractivity contribution in [1.29, 1.82) is 0 Å². The first kappa shape index (κ1) is 9.72. The fraction of sp³-hybridized carbons (Fsp3) is 0.538. The van der Waals surface area contributed by atoms with E-state index in [4.69, 9.17) is 5.73 Å². The van der Waals surface area contributed by atoms with E-state index in [1.807, 2.05) is 0 Å². The lowest BCUT2D eigenvalue weighted by atomic mass is 9.70. The minimum atomic E-state index is -0.205. The Morgan fingerprint density at radius 2 is 1.71 bits per heavy atom. The zero-order valence-corrected chi connectivity index (χ0v) is 9.46. The molecule has 2 atom stereocenters. The Morgan fingerprint density at radius 3 is 2.29 bits per heavy atom. The summed E-state index contributed by atoms with van der Waals surface area (Å²) in [4.78, 5) is 0. The van der Waals surface area contributed by atoms with E-state index in [2.05, 4.69) is 52.0 Å². The maximum atomic E-state index is 6.46. The molecule has 76 valence electrons. The Kier molecular flexibility index (Phi) is 1.81. The molecular weight excluding hydrogens is 170 g/mol. The molecule has 0 saturated carbocycles. The normalized spacial score (nSPS) is 34.2. The quantitative estimate of drug-likeness (QED) is 0.667. The van der Waals surface area contributed by atoms with E-state index in [0.29, 0.717) is 5.92 Å². The third-order valence-corrected chi connectivity index (χ3v) is 4.41. The van der Waals surface area contributed by atoms with Crippen LogP contribution in [0.3, 0.4) is 0 Å². The van der Waals surface area contributed by atoms with Gasteiger partial charge in [0.05, 0.1) is 0 Å². The van der Waals surface area contributed by atoms with Gasteiger partial charge >= 0.3 is 0 Å². The molecule has 2 N–H and O–H groups in total.